The van der Waals surface area contributed by atoms with E-state index >= 15 is 0 Å². The molecule has 0 atom stereocenters. The molecule has 0 fully saturated rings. The maximum atomic E-state index is 13.6. The quantitative estimate of drug-likeness (QED) is 0.490. The number of carbonyl (C=O) groups excluding carboxylic acids is 2. The van der Waals surface area contributed by atoms with Gasteiger partial charge in [0, 0.05) is 11.6 Å². The van der Waals surface area contributed by atoms with Crippen molar-refractivity contribution in [2.45, 2.75) is 0 Å². The molecule has 0 aliphatic rings. The van der Waals surface area contributed by atoms with E-state index in [0.717, 1.165) is 17.7 Å². The summed E-state index contributed by atoms with van der Waals surface area (Å²) in [6.45, 7) is -0.636. The highest BCUT2D eigenvalue weighted by Crippen LogP contribution is 2.29. The van der Waals surface area contributed by atoms with E-state index in [1.165, 1.54) is 6.07 Å². The summed E-state index contributed by atoms with van der Waals surface area (Å²) in [5, 5.41) is 6.81. The molecule has 0 aliphatic carbocycles. The molecule has 0 unspecified atom stereocenters. The largest absolute Gasteiger partial charge is 0.452 e. The summed E-state index contributed by atoms with van der Waals surface area (Å²) >= 11 is 0. The summed E-state index contributed by atoms with van der Waals surface area (Å²) in [4.78, 5) is 24.3. The van der Waals surface area contributed by atoms with Gasteiger partial charge in [-0.1, -0.05) is 35.5 Å². The molecule has 150 valence electrons. The SMILES string of the molecule is O=C(COC(=O)c1ccc2noc(-c3ccccc3)c2c1)Nc1ccc(F)cc1F. The number of amides is 1. The molecule has 0 bridgehead atoms. The van der Waals surface area contributed by atoms with Crippen molar-refractivity contribution in [3.63, 3.8) is 0 Å². The number of ether oxygens (including phenoxy) is 1. The minimum Gasteiger partial charge on any atom is -0.452 e. The van der Waals surface area contributed by atoms with Gasteiger partial charge in [0.1, 0.15) is 17.2 Å². The van der Waals surface area contributed by atoms with E-state index in [-0.39, 0.29) is 11.3 Å². The molecule has 1 N–H and O–H groups in total. The number of hydrogen-bond acceptors (Lipinski definition) is 5. The Morgan fingerprint density at radius 2 is 1.80 bits per heavy atom. The molecule has 0 saturated carbocycles. The second-order valence-electron chi connectivity index (χ2n) is 6.36. The lowest BCUT2D eigenvalue weighted by Crippen LogP contribution is -2.21. The Morgan fingerprint density at radius 1 is 1.00 bits per heavy atom. The maximum absolute atomic E-state index is 13.6. The molecule has 4 rings (SSSR count). The summed E-state index contributed by atoms with van der Waals surface area (Å²) in [5.41, 5.74) is 1.35. The summed E-state index contributed by atoms with van der Waals surface area (Å²) < 4.78 is 36.9. The van der Waals surface area contributed by atoms with Gasteiger partial charge in [-0.15, -0.1) is 0 Å². The average molecular weight is 408 g/mol. The van der Waals surface area contributed by atoms with Crippen LogP contribution in [0.5, 0.6) is 0 Å². The van der Waals surface area contributed by atoms with Crippen LogP contribution in [0.3, 0.4) is 0 Å². The third-order valence-corrected chi connectivity index (χ3v) is 4.29. The van der Waals surface area contributed by atoms with Crippen molar-refractivity contribution >= 4 is 28.5 Å². The second kappa shape index (κ2) is 8.12. The number of fused-ring (bicyclic) bond motifs is 1. The van der Waals surface area contributed by atoms with Gasteiger partial charge in [0.05, 0.1) is 16.6 Å². The van der Waals surface area contributed by atoms with Gasteiger partial charge in [-0.2, -0.15) is 0 Å². The number of aromatic nitrogens is 1. The van der Waals surface area contributed by atoms with E-state index in [4.69, 9.17) is 9.26 Å². The summed E-state index contributed by atoms with van der Waals surface area (Å²) in [5.74, 6) is -2.70. The zero-order chi connectivity index (χ0) is 21.1. The number of halogens is 2. The average Bonchev–Trinajstić information content (AvgIpc) is 3.18. The zero-order valence-electron chi connectivity index (χ0n) is 15.4. The van der Waals surface area contributed by atoms with E-state index in [1.807, 2.05) is 30.3 Å². The van der Waals surface area contributed by atoms with Crippen molar-refractivity contribution in [2.75, 3.05) is 11.9 Å². The highest BCUT2D eigenvalue weighted by Gasteiger charge is 2.16. The smallest absolute Gasteiger partial charge is 0.338 e. The Balaban J connectivity index is 1.46. The normalized spacial score (nSPS) is 10.7. The summed E-state index contributed by atoms with van der Waals surface area (Å²) in [7, 11) is 0. The van der Waals surface area contributed by atoms with Gasteiger partial charge in [-0.05, 0) is 30.3 Å². The van der Waals surface area contributed by atoms with Crippen LogP contribution < -0.4 is 5.32 Å². The second-order valence-corrected chi connectivity index (χ2v) is 6.36. The minimum atomic E-state index is -0.930. The molecule has 0 radical (unpaired) electrons. The van der Waals surface area contributed by atoms with Gasteiger partial charge < -0.3 is 14.6 Å². The predicted octanol–water partition coefficient (Wildman–Crippen LogP) is 4.57. The number of nitrogens with zero attached hydrogens (tertiary/aromatic N) is 1. The fourth-order valence-corrected chi connectivity index (χ4v) is 2.86. The first kappa shape index (κ1) is 19.3. The van der Waals surface area contributed by atoms with Gasteiger partial charge >= 0.3 is 5.97 Å². The molecule has 4 aromatic rings. The van der Waals surface area contributed by atoms with Crippen LogP contribution in [0.25, 0.3) is 22.2 Å². The fourth-order valence-electron chi connectivity index (χ4n) is 2.86. The van der Waals surface area contributed by atoms with Crippen LogP contribution in [-0.2, 0) is 9.53 Å². The van der Waals surface area contributed by atoms with E-state index in [0.29, 0.717) is 22.7 Å². The number of rotatable bonds is 5. The van der Waals surface area contributed by atoms with E-state index in [1.54, 1.807) is 12.1 Å². The van der Waals surface area contributed by atoms with Gasteiger partial charge in [0.25, 0.3) is 5.91 Å². The van der Waals surface area contributed by atoms with Gasteiger partial charge in [-0.25, -0.2) is 13.6 Å². The number of nitrogens with one attached hydrogen (secondary N) is 1. The molecule has 1 amide bonds. The molecule has 1 aromatic heterocycles. The number of hydrogen-bond donors (Lipinski definition) is 1. The van der Waals surface area contributed by atoms with Crippen molar-refractivity contribution in [2.24, 2.45) is 0 Å². The van der Waals surface area contributed by atoms with Crippen LogP contribution in [0, 0.1) is 11.6 Å². The van der Waals surface area contributed by atoms with Crippen LogP contribution >= 0.6 is 0 Å². The van der Waals surface area contributed by atoms with Gasteiger partial charge in [0.2, 0.25) is 0 Å². The van der Waals surface area contributed by atoms with E-state index < -0.39 is 30.1 Å². The Labute approximate surface area is 169 Å². The van der Waals surface area contributed by atoms with Crippen LogP contribution in [-0.4, -0.2) is 23.6 Å². The molecular weight excluding hydrogens is 394 g/mol. The number of esters is 1. The highest BCUT2D eigenvalue weighted by atomic mass is 19.1. The lowest BCUT2D eigenvalue weighted by Gasteiger charge is -2.07. The first-order valence-electron chi connectivity index (χ1n) is 8.88. The number of anilines is 1. The summed E-state index contributed by atoms with van der Waals surface area (Å²) in [6, 6.07) is 16.7. The highest BCUT2D eigenvalue weighted by molar-refractivity contribution is 6.00. The van der Waals surface area contributed by atoms with Crippen molar-refractivity contribution in [1.82, 2.24) is 5.16 Å². The van der Waals surface area contributed by atoms with Crippen LogP contribution in [0.1, 0.15) is 10.4 Å². The first-order valence-corrected chi connectivity index (χ1v) is 8.88. The third kappa shape index (κ3) is 4.02. The standard InChI is InChI=1S/C22H14F2N2O4/c23-15-7-9-19(17(24)11-15)25-20(27)12-29-22(28)14-6-8-18-16(10-14)21(30-26-18)13-4-2-1-3-5-13/h1-11H,12H2,(H,25,27). The molecule has 1 heterocycles. The van der Waals surface area contributed by atoms with Gasteiger partial charge in [-0.3, -0.25) is 4.79 Å². The van der Waals surface area contributed by atoms with Crippen LogP contribution in [0.15, 0.2) is 71.3 Å². The monoisotopic (exact) mass is 408 g/mol. The Bertz CT molecular complexity index is 1240. The van der Waals surface area contributed by atoms with Crippen LogP contribution in [0.2, 0.25) is 0 Å². The Kier molecular flexibility index (Phi) is 5.21. The topological polar surface area (TPSA) is 81.4 Å². The lowest BCUT2D eigenvalue weighted by atomic mass is 10.1. The minimum absolute atomic E-state index is 0.198. The molecule has 0 saturated heterocycles. The van der Waals surface area contributed by atoms with Gasteiger partial charge in [0.15, 0.2) is 12.4 Å². The lowest BCUT2D eigenvalue weighted by molar-refractivity contribution is -0.119. The van der Waals surface area contributed by atoms with Crippen molar-refractivity contribution < 1.29 is 27.6 Å². The molecule has 6 nitrogen and oxygen atoms in total. The molecule has 8 heteroatoms. The molecule has 0 aliphatic heterocycles. The maximum Gasteiger partial charge on any atom is 0.338 e. The molecule has 0 spiro atoms. The van der Waals surface area contributed by atoms with E-state index in [2.05, 4.69) is 10.5 Å². The number of benzene rings is 3. The van der Waals surface area contributed by atoms with Crippen molar-refractivity contribution in [3.8, 4) is 11.3 Å². The van der Waals surface area contributed by atoms with E-state index in [9.17, 15) is 18.4 Å². The molecular formula is C22H14F2N2O4. The zero-order valence-corrected chi connectivity index (χ0v) is 15.4. The molecule has 30 heavy (non-hydrogen) atoms. The van der Waals surface area contributed by atoms with Crippen LogP contribution in [0.4, 0.5) is 14.5 Å². The summed E-state index contributed by atoms with van der Waals surface area (Å²) in [6.07, 6.45) is 0. The Morgan fingerprint density at radius 3 is 2.57 bits per heavy atom. The Hall–Kier alpha value is -4.07. The first-order chi connectivity index (χ1) is 14.5. The van der Waals surface area contributed by atoms with Crippen molar-refractivity contribution in [1.29, 1.82) is 0 Å². The number of carbonyl (C=O) groups is 2. The van der Waals surface area contributed by atoms with Crippen molar-refractivity contribution in [3.05, 3.63) is 83.9 Å². The predicted molar refractivity (Wildman–Crippen MR) is 105 cm³/mol. The third-order valence-electron chi connectivity index (χ3n) is 4.29. The fraction of sp³-hybridized carbons (Fsp3) is 0.0455. The molecule has 3 aromatic carbocycles.